The highest BCUT2D eigenvalue weighted by atomic mass is 79.9. The van der Waals surface area contributed by atoms with Gasteiger partial charge in [-0.05, 0) is 43.1 Å². The molecule has 1 aromatic rings. The van der Waals surface area contributed by atoms with Gasteiger partial charge in [0.25, 0.3) is 0 Å². The van der Waals surface area contributed by atoms with Crippen LogP contribution in [0.1, 0.15) is 31.4 Å². The van der Waals surface area contributed by atoms with Crippen LogP contribution >= 0.6 is 15.9 Å². The Labute approximate surface area is 104 Å². The average molecular weight is 290 g/mol. The van der Waals surface area contributed by atoms with Crippen LogP contribution in [0.5, 0.6) is 0 Å². The molecule has 1 atom stereocenters. The minimum Gasteiger partial charge on any atom is -0.396 e. The predicted octanol–water partition coefficient (Wildman–Crippen LogP) is 3.01. The first-order valence-corrected chi connectivity index (χ1v) is 6.27. The van der Waals surface area contributed by atoms with Gasteiger partial charge in [0.1, 0.15) is 5.82 Å². The van der Waals surface area contributed by atoms with Crippen molar-refractivity contribution in [3.05, 3.63) is 34.1 Å². The second-order valence-electron chi connectivity index (χ2n) is 3.69. The maximum absolute atomic E-state index is 13.2. The lowest BCUT2D eigenvalue weighted by Gasteiger charge is -2.17. The van der Waals surface area contributed by atoms with Crippen molar-refractivity contribution in [2.24, 2.45) is 0 Å². The molecule has 0 spiro atoms. The van der Waals surface area contributed by atoms with Gasteiger partial charge >= 0.3 is 0 Å². The maximum atomic E-state index is 13.2. The summed E-state index contributed by atoms with van der Waals surface area (Å²) in [7, 11) is 0. The molecular formula is C12H17BrFNO. The van der Waals surface area contributed by atoms with E-state index >= 15 is 0 Å². The van der Waals surface area contributed by atoms with Crippen LogP contribution in [0.2, 0.25) is 0 Å². The standard InChI is InChI=1S/C12H17BrFNO/c1-2-12(15-4-3-5-16)9-6-10(13)8-11(14)7-9/h6-8,12,15-16H,2-5H2,1H3. The second-order valence-corrected chi connectivity index (χ2v) is 4.61. The van der Waals surface area contributed by atoms with E-state index in [1.54, 1.807) is 6.07 Å². The second kappa shape index (κ2) is 6.99. The zero-order valence-corrected chi connectivity index (χ0v) is 10.9. The van der Waals surface area contributed by atoms with Crippen LogP contribution in [0.15, 0.2) is 22.7 Å². The predicted molar refractivity (Wildman–Crippen MR) is 66.8 cm³/mol. The van der Waals surface area contributed by atoms with Crippen molar-refractivity contribution in [3.8, 4) is 0 Å². The number of aliphatic hydroxyl groups is 1. The molecule has 4 heteroatoms. The van der Waals surface area contributed by atoms with Gasteiger partial charge in [-0.3, -0.25) is 0 Å². The van der Waals surface area contributed by atoms with E-state index in [4.69, 9.17) is 5.11 Å². The Hall–Kier alpha value is -0.450. The van der Waals surface area contributed by atoms with Crippen LogP contribution in [0, 0.1) is 5.82 Å². The molecule has 0 fully saturated rings. The van der Waals surface area contributed by atoms with Crippen LogP contribution < -0.4 is 5.32 Å². The van der Waals surface area contributed by atoms with Crippen molar-refractivity contribution >= 4 is 15.9 Å². The van der Waals surface area contributed by atoms with Crippen molar-refractivity contribution in [3.63, 3.8) is 0 Å². The molecule has 0 aromatic heterocycles. The summed E-state index contributed by atoms with van der Waals surface area (Å²) in [5.74, 6) is -0.230. The monoisotopic (exact) mass is 289 g/mol. The van der Waals surface area contributed by atoms with Gasteiger partial charge in [-0.25, -0.2) is 4.39 Å². The molecule has 0 heterocycles. The molecule has 1 aromatic carbocycles. The van der Waals surface area contributed by atoms with Crippen LogP contribution in [0.4, 0.5) is 4.39 Å². The Balaban J connectivity index is 2.70. The number of nitrogens with one attached hydrogen (secondary N) is 1. The molecule has 0 aliphatic heterocycles. The van der Waals surface area contributed by atoms with Gasteiger partial charge < -0.3 is 10.4 Å². The summed E-state index contributed by atoms with van der Waals surface area (Å²) in [6.07, 6.45) is 1.61. The summed E-state index contributed by atoms with van der Waals surface area (Å²) in [5, 5.41) is 12.0. The topological polar surface area (TPSA) is 32.3 Å². The lowest BCUT2D eigenvalue weighted by atomic mass is 10.0. The Morgan fingerprint density at radius 3 is 2.75 bits per heavy atom. The van der Waals surface area contributed by atoms with Gasteiger partial charge in [-0.2, -0.15) is 0 Å². The summed E-state index contributed by atoms with van der Waals surface area (Å²) in [6, 6.07) is 5.05. The van der Waals surface area contributed by atoms with E-state index in [0.29, 0.717) is 6.42 Å². The summed E-state index contributed by atoms with van der Waals surface area (Å²) >= 11 is 3.28. The van der Waals surface area contributed by atoms with E-state index in [-0.39, 0.29) is 18.5 Å². The van der Waals surface area contributed by atoms with E-state index < -0.39 is 0 Å². The Kier molecular flexibility index (Phi) is 5.95. The first kappa shape index (κ1) is 13.6. The number of hydrogen-bond acceptors (Lipinski definition) is 2. The van der Waals surface area contributed by atoms with Crippen LogP contribution in [-0.2, 0) is 0 Å². The molecule has 0 bridgehead atoms. The third-order valence-electron chi connectivity index (χ3n) is 2.42. The van der Waals surface area contributed by atoms with E-state index in [0.717, 1.165) is 23.0 Å². The van der Waals surface area contributed by atoms with Gasteiger partial charge in [0.05, 0.1) is 0 Å². The Morgan fingerprint density at radius 2 is 2.19 bits per heavy atom. The minimum atomic E-state index is -0.230. The SMILES string of the molecule is CCC(NCCCO)c1cc(F)cc(Br)c1. The maximum Gasteiger partial charge on any atom is 0.124 e. The van der Waals surface area contributed by atoms with Gasteiger partial charge in [-0.1, -0.05) is 22.9 Å². The molecule has 0 amide bonds. The summed E-state index contributed by atoms with van der Waals surface area (Å²) in [6.45, 7) is 2.97. The number of aliphatic hydroxyl groups excluding tert-OH is 1. The van der Waals surface area contributed by atoms with Gasteiger partial charge in [0, 0.05) is 17.1 Å². The van der Waals surface area contributed by atoms with Crippen molar-refractivity contribution in [2.75, 3.05) is 13.2 Å². The molecule has 0 saturated carbocycles. The van der Waals surface area contributed by atoms with Gasteiger partial charge in [0.15, 0.2) is 0 Å². The largest absolute Gasteiger partial charge is 0.396 e. The molecule has 0 aliphatic carbocycles. The number of halogens is 2. The summed E-state index contributed by atoms with van der Waals surface area (Å²) < 4.78 is 14.0. The highest BCUT2D eigenvalue weighted by Crippen LogP contribution is 2.22. The van der Waals surface area contributed by atoms with Crippen LogP contribution in [-0.4, -0.2) is 18.3 Å². The normalized spacial score (nSPS) is 12.8. The number of rotatable bonds is 6. The molecule has 90 valence electrons. The quantitative estimate of drug-likeness (QED) is 0.789. The first-order chi connectivity index (χ1) is 7.67. The molecule has 2 nitrogen and oxygen atoms in total. The zero-order chi connectivity index (χ0) is 12.0. The molecular weight excluding hydrogens is 273 g/mol. The van der Waals surface area contributed by atoms with Crippen molar-refractivity contribution in [1.82, 2.24) is 5.32 Å². The lowest BCUT2D eigenvalue weighted by Crippen LogP contribution is -2.22. The zero-order valence-electron chi connectivity index (χ0n) is 9.34. The Bertz CT molecular complexity index is 313. The number of hydrogen-bond donors (Lipinski definition) is 2. The molecule has 0 saturated heterocycles. The Morgan fingerprint density at radius 1 is 1.44 bits per heavy atom. The average Bonchev–Trinajstić information content (AvgIpc) is 2.23. The van der Waals surface area contributed by atoms with Gasteiger partial charge in [0.2, 0.25) is 0 Å². The van der Waals surface area contributed by atoms with E-state index in [9.17, 15) is 4.39 Å². The fraction of sp³-hybridized carbons (Fsp3) is 0.500. The fourth-order valence-electron chi connectivity index (χ4n) is 1.63. The highest BCUT2D eigenvalue weighted by molar-refractivity contribution is 9.10. The first-order valence-electron chi connectivity index (χ1n) is 5.47. The van der Waals surface area contributed by atoms with E-state index in [1.807, 2.05) is 6.07 Å². The van der Waals surface area contributed by atoms with Crippen molar-refractivity contribution in [2.45, 2.75) is 25.8 Å². The molecule has 0 radical (unpaired) electrons. The molecule has 2 N–H and O–H groups in total. The highest BCUT2D eigenvalue weighted by Gasteiger charge is 2.10. The van der Waals surface area contributed by atoms with Crippen LogP contribution in [0.3, 0.4) is 0 Å². The lowest BCUT2D eigenvalue weighted by molar-refractivity contribution is 0.283. The van der Waals surface area contributed by atoms with Gasteiger partial charge in [-0.15, -0.1) is 0 Å². The smallest absolute Gasteiger partial charge is 0.124 e. The van der Waals surface area contributed by atoms with Crippen molar-refractivity contribution in [1.29, 1.82) is 0 Å². The van der Waals surface area contributed by atoms with Crippen molar-refractivity contribution < 1.29 is 9.50 Å². The van der Waals surface area contributed by atoms with Crippen LogP contribution in [0.25, 0.3) is 0 Å². The molecule has 1 unspecified atom stereocenters. The fourth-order valence-corrected chi connectivity index (χ4v) is 2.11. The minimum absolute atomic E-state index is 0.138. The molecule has 1 rings (SSSR count). The summed E-state index contributed by atoms with van der Waals surface area (Å²) in [4.78, 5) is 0. The molecule has 16 heavy (non-hydrogen) atoms. The third-order valence-corrected chi connectivity index (χ3v) is 2.88. The molecule has 0 aliphatic rings. The number of benzene rings is 1. The third kappa shape index (κ3) is 4.20. The van der Waals surface area contributed by atoms with E-state index in [2.05, 4.69) is 28.2 Å². The van der Waals surface area contributed by atoms with E-state index in [1.165, 1.54) is 6.07 Å². The summed E-state index contributed by atoms with van der Waals surface area (Å²) in [5.41, 5.74) is 0.937.